The van der Waals surface area contributed by atoms with Gasteiger partial charge in [0.15, 0.2) is 0 Å². The Morgan fingerprint density at radius 3 is 2.77 bits per heavy atom. The molecule has 112 valence electrons. The van der Waals surface area contributed by atoms with Gasteiger partial charge in [-0.3, -0.25) is 0 Å². The summed E-state index contributed by atoms with van der Waals surface area (Å²) in [5.41, 5.74) is 3.74. The maximum atomic E-state index is 6.37. The van der Waals surface area contributed by atoms with E-state index in [0.717, 1.165) is 28.0 Å². The minimum atomic E-state index is 0.496. The quantitative estimate of drug-likeness (QED) is 0.697. The van der Waals surface area contributed by atoms with Crippen molar-refractivity contribution in [3.05, 3.63) is 75.8 Å². The van der Waals surface area contributed by atoms with Gasteiger partial charge in [-0.05, 0) is 35.9 Å². The zero-order valence-electron chi connectivity index (χ0n) is 12.0. The van der Waals surface area contributed by atoms with Crippen LogP contribution in [0.2, 0.25) is 10.0 Å². The molecular formula is C18H14Cl2O2. The number of rotatable bonds is 3. The Morgan fingerprint density at radius 2 is 2.00 bits per heavy atom. The first-order chi connectivity index (χ1) is 10.6. The third kappa shape index (κ3) is 2.60. The minimum Gasteiger partial charge on any atom is -0.497 e. The van der Waals surface area contributed by atoms with Crippen LogP contribution in [0.3, 0.4) is 0 Å². The van der Waals surface area contributed by atoms with Crippen LogP contribution < -0.4 is 4.74 Å². The van der Waals surface area contributed by atoms with E-state index in [1.807, 2.05) is 36.4 Å². The molecule has 0 unspecified atom stereocenters. The second-order valence-corrected chi connectivity index (χ2v) is 5.65. The Morgan fingerprint density at radius 1 is 1.18 bits per heavy atom. The van der Waals surface area contributed by atoms with Crippen LogP contribution >= 0.6 is 23.2 Å². The molecule has 3 rings (SSSR count). The number of hydrogen-bond acceptors (Lipinski definition) is 2. The normalized spacial score (nSPS) is 13.0. The minimum absolute atomic E-state index is 0.496. The standard InChI is InChI=1S/C18H14Cl2O2/c1-11(21-2)12-6-7-17-15(10-12)13(8-9-22-17)14-4-3-5-16(19)18(14)20/h3-8,10H,1,9H2,2H3. The summed E-state index contributed by atoms with van der Waals surface area (Å²) < 4.78 is 10.9. The van der Waals surface area contributed by atoms with Crippen molar-refractivity contribution in [2.24, 2.45) is 0 Å². The lowest BCUT2D eigenvalue weighted by Gasteiger charge is -2.21. The van der Waals surface area contributed by atoms with Crippen molar-refractivity contribution in [1.29, 1.82) is 0 Å². The summed E-state index contributed by atoms with van der Waals surface area (Å²) in [5, 5.41) is 1.07. The van der Waals surface area contributed by atoms with Crippen LogP contribution in [0.15, 0.2) is 49.1 Å². The molecule has 22 heavy (non-hydrogen) atoms. The highest BCUT2D eigenvalue weighted by Crippen LogP contribution is 2.40. The largest absolute Gasteiger partial charge is 0.497 e. The van der Waals surface area contributed by atoms with Crippen LogP contribution in [0.25, 0.3) is 11.3 Å². The number of ether oxygens (including phenoxy) is 2. The van der Waals surface area contributed by atoms with Gasteiger partial charge < -0.3 is 9.47 Å². The van der Waals surface area contributed by atoms with Gasteiger partial charge >= 0.3 is 0 Å². The van der Waals surface area contributed by atoms with E-state index in [2.05, 4.69) is 6.58 Å². The molecule has 0 radical (unpaired) electrons. The lowest BCUT2D eigenvalue weighted by Crippen LogP contribution is -2.06. The molecule has 0 atom stereocenters. The maximum absolute atomic E-state index is 6.37. The average molecular weight is 333 g/mol. The first-order valence-electron chi connectivity index (χ1n) is 6.77. The van der Waals surface area contributed by atoms with E-state index in [1.54, 1.807) is 13.2 Å². The highest BCUT2D eigenvalue weighted by atomic mass is 35.5. The van der Waals surface area contributed by atoms with E-state index in [0.29, 0.717) is 22.4 Å². The maximum Gasteiger partial charge on any atom is 0.127 e. The molecule has 0 spiro atoms. The second-order valence-electron chi connectivity index (χ2n) is 4.87. The van der Waals surface area contributed by atoms with Crippen LogP contribution in [0.1, 0.15) is 16.7 Å². The third-order valence-corrected chi connectivity index (χ3v) is 4.43. The molecule has 0 bridgehead atoms. The molecule has 2 aromatic rings. The predicted octanol–water partition coefficient (Wildman–Crippen LogP) is 5.43. The van der Waals surface area contributed by atoms with Crippen LogP contribution in [0.4, 0.5) is 0 Å². The summed E-state index contributed by atoms with van der Waals surface area (Å²) >= 11 is 12.5. The number of hydrogen-bond donors (Lipinski definition) is 0. The first kappa shape index (κ1) is 15.0. The van der Waals surface area contributed by atoms with Gasteiger partial charge in [0, 0.05) is 16.7 Å². The van der Waals surface area contributed by atoms with Crippen molar-refractivity contribution in [3.63, 3.8) is 0 Å². The Kier molecular flexibility index (Phi) is 4.14. The van der Waals surface area contributed by atoms with Crippen molar-refractivity contribution in [2.75, 3.05) is 13.7 Å². The molecular weight excluding hydrogens is 319 g/mol. The predicted molar refractivity (Wildman–Crippen MR) is 91.5 cm³/mol. The molecule has 4 heteroatoms. The summed E-state index contributed by atoms with van der Waals surface area (Å²) in [4.78, 5) is 0. The molecule has 0 aliphatic carbocycles. The number of fused-ring (bicyclic) bond motifs is 1. The van der Waals surface area contributed by atoms with Crippen molar-refractivity contribution in [1.82, 2.24) is 0 Å². The van der Waals surface area contributed by atoms with Gasteiger partial charge in [-0.2, -0.15) is 0 Å². The number of methoxy groups -OCH3 is 1. The highest BCUT2D eigenvalue weighted by Gasteiger charge is 2.19. The monoisotopic (exact) mass is 332 g/mol. The van der Waals surface area contributed by atoms with Crippen LogP contribution in [-0.2, 0) is 4.74 Å². The van der Waals surface area contributed by atoms with Crippen LogP contribution in [0.5, 0.6) is 5.75 Å². The zero-order chi connectivity index (χ0) is 15.7. The Labute approximate surface area is 139 Å². The van der Waals surface area contributed by atoms with Crippen molar-refractivity contribution in [2.45, 2.75) is 0 Å². The number of benzene rings is 2. The lowest BCUT2D eigenvalue weighted by atomic mass is 9.93. The van der Waals surface area contributed by atoms with Crippen molar-refractivity contribution < 1.29 is 9.47 Å². The SMILES string of the molecule is C=C(OC)c1ccc2c(c1)C(c1cccc(Cl)c1Cl)=CCO2. The van der Waals surface area contributed by atoms with Crippen LogP contribution in [0, 0.1) is 0 Å². The summed E-state index contributed by atoms with van der Waals surface area (Å²) in [6.07, 6.45) is 2.00. The Bertz CT molecular complexity index is 779. The highest BCUT2D eigenvalue weighted by molar-refractivity contribution is 6.43. The van der Waals surface area contributed by atoms with Gasteiger partial charge in [-0.15, -0.1) is 0 Å². The molecule has 0 N–H and O–H groups in total. The van der Waals surface area contributed by atoms with E-state index in [9.17, 15) is 0 Å². The first-order valence-corrected chi connectivity index (χ1v) is 7.52. The van der Waals surface area contributed by atoms with Gasteiger partial charge in [0.05, 0.1) is 17.2 Å². The molecule has 0 saturated heterocycles. The fourth-order valence-electron chi connectivity index (χ4n) is 2.45. The van der Waals surface area contributed by atoms with E-state index in [4.69, 9.17) is 32.7 Å². The average Bonchev–Trinajstić information content (AvgIpc) is 2.55. The molecule has 2 aromatic carbocycles. The van der Waals surface area contributed by atoms with E-state index in [-0.39, 0.29) is 0 Å². The summed E-state index contributed by atoms with van der Waals surface area (Å²) in [5.74, 6) is 1.41. The van der Waals surface area contributed by atoms with Gasteiger partial charge in [-0.1, -0.05) is 41.9 Å². The fourth-order valence-corrected chi connectivity index (χ4v) is 2.85. The topological polar surface area (TPSA) is 18.5 Å². The molecule has 1 aliphatic heterocycles. The van der Waals surface area contributed by atoms with E-state index < -0.39 is 0 Å². The summed E-state index contributed by atoms with van der Waals surface area (Å²) in [7, 11) is 1.60. The summed E-state index contributed by atoms with van der Waals surface area (Å²) in [6, 6.07) is 11.4. The Hall–Kier alpha value is -1.90. The van der Waals surface area contributed by atoms with Gasteiger partial charge in [0.2, 0.25) is 0 Å². The summed E-state index contributed by atoms with van der Waals surface area (Å²) in [6.45, 7) is 4.39. The van der Waals surface area contributed by atoms with E-state index >= 15 is 0 Å². The fraction of sp³-hybridized carbons (Fsp3) is 0.111. The smallest absolute Gasteiger partial charge is 0.127 e. The molecule has 1 aliphatic rings. The molecule has 0 amide bonds. The Balaban J connectivity index is 2.15. The second kappa shape index (κ2) is 6.07. The lowest BCUT2D eigenvalue weighted by molar-refractivity contribution is 0.356. The zero-order valence-corrected chi connectivity index (χ0v) is 13.5. The molecule has 0 saturated carbocycles. The molecule has 0 aromatic heterocycles. The van der Waals surface area contributed by atoms with Gasteiger partial charge in [-0.25, -0.2) is 0 Å². The van der Waals surface area contributed by atoms with Crippen LogP contribution in [-0.4, -0.2) is 13.7 Å². The van der Waals surface area contributed by atoms with Gasteiger partial charge in [0.25, 0.3) is 0 Å². The third-order valence-electron chi connectivity index (χ3n) is 3.61. The molecule has 2 nitrogen and oxygen atoms in total. The molecule has 0 fully saturated rings. The van der Waals surface area contributed by atoms with E-state index in [1.165, 1.54) is 0 Å². The van der Waals surface area contributed by atoms with Crippen molar-refractivity contribution in [3.8, 4) is 5.75 Å². The molecule has 1 heterocycles. The van der Waals surface area contributed by atoms with Crippen molar-refractivity contribution >= 4 is 34.5 Å². The number of halogens is 2. The van der Waals surface area contributed by atoms with Gasteiger partial charge in [0.1, 0.15) is 18.1 Å².